The molecule has 4 aromatic rings. The van der Waals surface area contributed by atoms with Gasteiger partial charge < -0.3 is 25.3 Å². The van der Waals surface area contributed by atoms with Crippen molar-refractivity contribution in [2.45, 2.75) is 66.6 Å². The third kappa shape index (κ3) is 7.59. The van der Waals surface area contributed by atoms with Gasteiger partial charge in [0.05, 0.1) is 23.8 Å². The summed E-state index contributed by atoms with van der Waals surface area (Å²) in [6.07, 6.45) is 1.46. The lowest BCUT2D eigenvalue weighted by Crippen LogP contribution is -2.49. The average Bonchev–Trinajstić information content (AvgIpc) is 3.68. The van der Waals surface area contributed by atoms with E-state index in [0.717, 1.165) is 5.56 Å². The Morgan fingerprint density at radius 3 is 2.31 bits per heavy atom. The summed E-state index contributed by atoms with van der Waals surface area (Å²) >= 11 is 1.26. The van der Waals surface area contributed by atoms with Crippen molar-refractivity contribution in [3.8, 4) is 11.3 Å². The van der Waals surface area contributed by atoms with Gasteiger partial charge >= 0.3 is 0 Å². The number of hydrogen-bond donors (Lipinski definition) is 3. The first-order valence-electron chi connectivity index (χ1n) is 15.8. The maximum absolute atomic E-state index is 14.3. The normalized spacial score (nSPS) is 19.4. The summed E-state index contributed by atoms with van der Waals surface area (Å²) in [5, 5.41) is 11.0. The SMILES string of the molecule is Cc1ncc(C(=O)N2CC(=O)N[C@@H](C(C)C)c3nc(cs3)C(=O)N[C@H](C(C)C)c3nc(c(C)o3)C(=O)N[C@H](C)C2)c(-c2ccccc2)n1. The van der Waals surface area contributed by atoms with Crippen molar-refractivity contribution >= 4 is 35.0 Å². The van der Waals surface area contributed by atoms with Gasteiger partial charge in [-0.05, 0) is 32.6 Å². The highest BCUT2D eigenvalue weighted by Gasteiger charge is 2.32. The van der Waals surface area contributed by atoms with E-state index in [1.807, 2.05) is 58.0 Å². The summed E-state index contributed by atoms with van der Waals surface area (Å²) in [6.45, 7) is 12.4. The molecule has 13 nitrogen and oxygen atoms in total. The van der Waals surface area contributed by atoms with Gasteiger partial charge in [0.15, 0.2) is 5.69 Å². The second-order valence-electron chi connectivity index (χ2n) is 12.6. The minimum absolute atomic E-state index is 0.0116. The molecule has 4 heterocycles. The second kappa shape index (κ2) is 14.4. The van der Waals surface area contributed by atoms with Gasteiger partial charge in [0.1, 0.15) is 28.3 Å². The molecule has 0 radical (unpaired) electrons. The quantitative estimate of drug-likeness (QED) is 0.284. The lowest BCUT2D eigenvalue weighted by molar-refractivity contribution is -0.122. The molecule has 4 amide bonds. The number of aromatic nitrogens is 4. The maximum Gasteiger partial charge on any atom is 0.273 e. The van der Waals surface area contributed by atoms with Crippen LogP contribution in [0.25, 0.3) is 11.3 Å². The van der Waals surface area contributed by atoms with E-state index in [4.69, 9.17) is 4.42 Å². The van der Waals surface area contributed by atoms with Gasteiger partial charge in [-0.2, -0.15) is 0 Å². The summed E-state index contributed by atoms with van der Waals surface area (Å²) < 4.78 is 5.90. The molecule has 252 valence electrons. The largest absolute Gasteiger partial charge is 0.443 e. The molecule has 1 aliphatic rings. The van der Waals surface area contributed by atoms with E-state index >= 15 is 0 Å². The minimum atomic E-state index is -0.636. The van der Waals surface area contributed by atoms with Crippen LogP contribution in [0.2, 0.25) is 0 Å². The number of nitrogens with one attached hydrogen (secondary N) is 3. The number of amides is 4. The van der Waals surface area contributed by atoms with Crippen molar-refractivity contribution in [3.63, 3.8) is 0 Å². The molecule has 1 aromatic carbocycles. The number of aryl methyl sites for hydroxylation is 2. The molecule has 3 aromatic heterocycles. The smallest absolute Gasteiger partial charge is 0.273 e. The van der Waals surface area contributed by atoms with Crippen LogP contribution >= 0.6 is 11.3 Å². The zero-order chi connectivity index (χ0) is 34.7. The van der Waals surface area contributed by atoms with Crippen molar-refractivity contribution in [1.29, 1.82) is 0 Å². The molecule has 3 N–H and O–H groups in total. The van der Waals surface area contributed by atoms with Crippen LogP contribution in [-0.2, 0) is 4.79 Å². The summed E-state index contributed by atoms with van der Waals surface area (Å²) in [6, 6.07) is 7.49. The van der Waals surface area contributed by atoms with Crippen LogP contribution in [0.15, 0.2) is 46.3 Å². The van der Waals surface area contributed by atoms with Crippen LogP contribution in [0.5, 0.6) is 0 Å². The van der Waals surface area contributed by atoms with E-state index in [1.54, 1.807) is 26.2 Å². The molecule has 0 fully saturated rings. The van der Waals surface area contributed by atoms with Crippen molar-refractivity contribution in [2.75, 3.05) is 13.1 Å². The fraction of sp³-hybridized carbons (Fsp3) is 0.412. The number of oxazole rings is 1. The highest BCUT2D eigenvalue weighted by molar-refractivity contribution is 7.09. The Bertz CT molecular complexity index is 1820. The van der Waals surface area contributed by atoms with Gasteiger partial charge in [0.2, 0.25) is 11.8 Å². The number of rotatable bonds is 4. The Morgan fingerprint density at radius 1 is 0.917 bits per heavy atom. The molecule has 5 rings (SSSR count). The van der Waals surface area contributed by atoms with Crippen LogP contribution in [-0.4, -0.2) is 67.6 Å². The molecule has 1 aliphatic heterocycles. The van der Waals surface area contributed by atoms with Gasteiger partial charge in [-0.3, -0.25) is 19.2 Å². The summed E-state index contributed by atoms with van der Waals surface area (Å²) in [5.41, 5.74) is 1.61. The lowest BCUT2D eigenvalue weighted by atomic mass is 10.0. The lowest BCUT2D eigenvalue weighted by Gasteiger charge is -2.28. The van der Waals surface area contributed by atoms with Gasteiger partial charge in [-0.15, -0.1) is 11.3 Å². The molecule has 14 heteroatoms. The minimum Gasteiger partial charge on any atom is -0.443 e. The first kappa shape index (κ1) is 34.4. The van der Waals surface area contributed by atoms with Gasteiger partial charge in [-0.25, -0.2) is 19.9 Å². The molecule has 0 unspecified atom stereocenters. The van der Waals surface area contributed by atoms with Crippen LogP contribution in [0, 0.1) is 25.7 Å². The Kier molecular flexibility index (Phi) is 10.3. The van der Waals surface area contributed by atoms with Gasteiger partial charge in [-0.1, -0.05) is 58.0 Å². The van der Waals surface area contributed by atoms with Crippen molar-refractivity contribution in [3.05, 3.63) is 81.3 Å². The van der Waals surface area contributed by atoms with E-state index in [-0.39, 0.29) is 53.5 Å². The molecule has 3 atom stereocenters. The number of hydrogen-bond acceptors (Lipinski definition) is 10. The Hall–Kier alpha value is -4.98. The number of benzene rings is 1. The Labute approximate surface area is 283 Å². The second-order valence-corrected chi connectivity index (χ2v) is 13.5. The van der Waals surface area contributed by atoms with Crippen molar-refractivity contribution in [1.82, 2.24) is 40.8 Å². The van der Waals surface area contributed by atoms with Crippen LogP contribution in [0.1, 0.15) is 101 Å². The van der Waals surface area contributed by atoms with Crippen molar-refractivity contribution in [2.24, 2.45) is 11.8 Å². The third-order valence-electron chi connectivity index (χ3n) is 7.93. The van der Waals surface area contributed by atoms with E-state index in [0.29, 0.717) is 16.5 Å². The number of fused-ring (bicyclic) bond motifs is 4. The van der Waals surface area contributed by atoms with E-state index in [2.05, 4.69) is 35.9 Å². The van der Waals surface area contributed by atoms with Crippen molar-refractivity contribution < 1.29 is 23.6 Å². The maximum atomic E-state index is 14.3. The van der Waals surface area contributed by atoms with E-state index < -0.39 is 41.8 Å². The molecular formula is C34H40N8O5S. The first-order valence-corrected chi connectivity index (χ1v) is 16.7. The molecule has 48 heavy (non-hydrogen) atoms. The van der Waals surface area contributed by atoms with E-state index in [1.165, 1.54) is 22.4 Å². The standard InChI is InChI=1S/C34H40N8O5S/c1-17(2)26-32-41-28(20(6)47-32)31(45)36-19(5)14-42(34(46)23-13-35-21(7)37-29(23)22-11-9-8-10-12-22)15-25(43)39-27(18(3)4)33-38-24(16-48-33)30(44)40-26/h8-13,16-19,26-27H,14-15H2,1-7H3,(H,36,45)(H,39,43)(H,40,44)/t19-,26-,27+/m1/s1. The van der Waals surface area contributed by atoms with Crippen LogP contribution < -0.4 is 16.0 Å². The number of carbonyl (C=O) groups is 4. The predicted molar refractivity (Wildman–Crippen MR) is 179 cm³/mol. The van der Waals surface area contributed by atoms with Gasteiger partial charge in [0.25, 0.3) is 17.7 Å². The van der Waals surface area contributed by atoms with E-state index in [9.17, 15) is 19.2 Å². The molecule has 0 spiro atoms. The fourth-order valence-electron chi connectivity index (χ4n) is 5.43. The highest BCUT2D eigenvalue weighted by atomic mass is 32.1. The van der Waals surface area contributed by atoms with Gasteiger partial charge in [0, 0.05) is 29.7 Å². The van der Waals surface area contributed by atoms with Crippen LogP contribution in [0.4, 0.5) is 0 Å². The molecular weight excluding hydrogens is 632 g/mol. The average molecular weight is 673 g/mol. The number of carbonyl (C=O) groups excluding carboxylic acids is 4. The Balaban J connectivity index is 1.55. The molecule has 4 bridgehead atoms. The Morgan fingerprint density at radius 2 is 1.62 bits per heavy atom. The molecule has 0 aliphatic carbocycles. The first-order chi connectivity index (χ1) is 22.8. The monoisotopic (exact) mass is 672 g/mol. The third-order valence-corrected chi connectivity index (χ3v) is 8.86. The topological polar surface area (TPSA) is 172 Å². The number of nitrogens with zero attached hydrogens (tertiary/aromatic N) is 5. The summed E-state index contributed by atoms with van der Waals surface area (Å²) in [5.74, 6) is -1.12. The molecule has 0 saturated heterocycles. The number of thiazole rings is 1. The highest BCUT2D eigenvalue weighted by Crippen LogP contribution is 2.28. The fourth-order valence-corrected chi connectivity index (χ4v) is 6.45. The zero-order valence-corrected chi connectivity index (χ0v) is 28.8. The summed E-state index contributed by atoms with van der Waals surface area (Å²) in [7, 11) is 0. The zero-order valence-electron chi connectivity index (χ0n) is 28.0. The predicted octanol–water partition coefficient (Wildman–Crippen LogP) is 4.42. The molecule has 0 saturated carbocycles. The summed E-state index contributed by atoms with van der Waals surface area (Å²) in [4.78, 5) is 74.1. The van der Waals surface area contributed by atoms with Crippen LogP contribution in [0.3, 0.4) is 0 Å².